The molecule has 0 saturated carbocycles. The third kappa shape index (κ3) is 6.52. The highest BCUT2D eigenvalue weighted by molar-refractivity contribution is 7.90. The average molecular weight is 593 g/mol. The molecule has 214 valence electrons. The maximum absolute atomic E-state index is 13.6. The van der Waals surface area contributed by atoms with E-state index in [0.717, 1.165) is 22.2 Å². The van der Waals surface area contributed by atoms with Crippen molar-refractivity contribution in [2.45, 2.75) is 12.6 Å². The van der Waals surface area contributed by atoms with E-state index < -0.39 is 33.5 Å². The first kappa shape index (κ1) is 28.6. The fourth-order valence-corrected chi connectivity index (χ4v) is 5.82. The Balaban J connectivity index is 1.42. The molecule has 5 aromatic rings. The van der Waals surface area contributed by atoms with E-state index >= 15 is 0 Å². The quantitative estimate of drug-likeness (QED) is 0.197. The smallest absolute Gasteiger partial charge is 0.416 e. The Kier molecular flexibility index (Phi) is 7.86. The van der Waals surface area contributed by atoms with Gasteiger partial charge in [0.2, 0.25) is 15.9 Å². The number of fused-ring (bicyclic) bond motifs is 1. The van der Waals surface area contributed by atoms with Gasteiger partial charge in [0, 0.05) is 29.8 Å². The van der Waals surface area contributed by atoms with Gasteiger partial charge >= 0.3 is 12.1 Å². The summed E-state index contributed by atoms with van der Waals surface area (Å²) in [5, 5.41) is 9.27. The van der Waals surface area contributed by atoms with Crippen LogP contribution in [-0.4, -0.2) is 34.2 Å². The number of para-hydroxylation sites is 1. The Hall–Kier alpha value is -4.90. The minimum absolute atomic E-state index is 0.0473. The van der Waals surface area contributed by atoms with Gasteiger partial charge in [0.15, 0.2) is 0 Å². The van der Waals surface area contributed by atoms with Gasteiger partial charge in [-0.3, -0.25) is 0 Å². The molecule has 7 nitrogen and oxygen atoms in total. The predicted octanol–water partition coefficient (Wildman–Crippen LogP) is 7.03. The van der Waals surface area contributed by atoms with Gasteiger partial charge in [-0.05, 0) is 65.7 Å². The summed E-state index contributed by atoms with van der Waals surface area (Å²) in [4.78, 5) is 15.4. The van der Waals surface area contributed by atoms with E-state index in [1.807, 2.05) is 18.2 Å². The van der Waals surface area contributed by atoms with Crippen LogP contribution in [0.15, 0.2) is 103 Å². The highest BCUT2D eigenvalue weighted by atomic mass is 32.2. The summed E-state index contributed by atoms with van der Waals surface area (Å²) in [5.41, 5.74) is 0.726. The maximum atomic E-state index is 13.6. The zero-order valence-corrected chi connectivity index (χ0v) is 22.6. The number of benzene rings is 3. The molecule has 0 aliphatic heterocycles. The summed E-state index contributed by atoms with van der Waals surface area (Å²) in [6, 6.07) is 22.6. The molecule has 1 N–H and O–H groups in total. The molecule has 42 heavy (non-hydrogen) atoms. The molecule has 0 spiro atoms. The number of carboxylic acid groups (broad SMARTS) is 1. The summed E-state index contributed by atoms with van der Waals surface area (Å²) in [7, 11) is -4.07. The number of hydrogen-bond donors (Lipinski definition) is 1. The minimum atomic E-state index is -4.60. The van der Waals surface area contributed by atoms with Crippen LogP contribution in [0.25, 0.3) is 17.0 Å². The molecule has 0 bridgehead atoms. The lowest BCUT2D eigenvalue weighted by Gasteiger charge is -2.12. The number of ether oxygens (including phenoxy) is 1. The van der Waals surface area contributed by atoms with Crippen LogP contribution in [0.1, 0.15) is 32.7 Å². The predicted molar refractivity (Wildman–Crippen MR) is 152 cm³/mol. The van der Waals surface area contributed by atoms with Crippen LogP contribution in [0.3, 0.4) is 0 Å². The number of carbonyl (C=O) groups is 1. The van der Waals surface area contributed by atoms with E-state index in [2.05, 4.69) is 4.98 Å². The topological polar surface area (TPSA) is 98.5 Å². The molecule has 0 saturated heterocycles. The van der Waals surface area contributed by atoms with E-state index in [4.69, 9.17) is 9.84 Å². The SMILES string of the molecule is O=C(O)c1ccc(Cc2cc3cc(C(F)(F)F)ccc3n2S(=O)(=O)CC=Cc2ccc(Oc3ccccc3)nc2)cc1. The van der Waals surface area contributed by atoms with Crippen molar-refractivity contribution in [1.82, 2.24) is 8.96 Å². The van der Waals surface area contributed by atoms with E-state index in [9.17, 15) is 26.4 Å². The molecular weight excluding hydrogens is 569 g/mol. The van der Waals surface area contributed by atoms with Crippen LogP contribution >= 0.6 is 0 Å². The molecule has 0 aliphatic rings. The Labute approximate surface area is 239 Å². The molecule has 2 heterocycles. The number of aromatic carboxylic acids is 1. The largest absolute Gasteiger partial charge is 0.478 e. The van der Waals surface area contributed by atoms with E-state index in [1.165, 1.54) is 42.6 Å². The van der Waals surface area contributed by atoms with Gasteiger partial charge in [0.25, 0.3) is 0 Å². The molecule has 0 amide bonds. The van der Waals surface area contributed by atoms with Gasteiger partial charge in [-0.25, -0.2) is 22.2 Å². The van der Waals surface area contributed by atoms with Crippen molar-refractivity contribution in [3.05, 3.63) is 131 Å². The number of alkyl halides is 3. The van der Waals surface area contributed by atoms with Gasteiger partial charge in [-0.15, -0.1) is 0 Å². The average Bonchev–Trinajstić information content (AvgIpc) is 3.32. The first-order valence-electron chi connectivity index (χ1n) is 12.6. The van der Waals surface area contributed by atoms with Gasteiger partial charge in [0.05, 0.1) is 22.4 Å². The Bertz CT molecular complexity index is 1860. The van der Waals surface area contributed by atoms with Crippen LogP contribution in [0.4, 0.5) is 13.2 Å². The van der Waals surface area contributed by atoms with Gasteiger partial charge in [-0.2, -0.15) is 13.2 Å². The van der Waals surface area contributed by atoms with Crippen LogP contribution in [0, 0.1) is 0 Å². The zero-order chi connectivity index (χ0) is 29.9. The Morgan fingerprint density at radius 2 is 1.69 bits per heavy atom. The Morgan fingerprint density at radius 3 is 2.33 bits per heavy atom. The second-order valence-corrected chi connectivity index (χ2v) is 11.2. The molecule has 11 heteroatoms. The van der Waals surface area contributed by atoms with Crippen molar-refractivity contribution in [1.29, 1.82) is 0 Å². The summed E-state index contributed by atoms with van der Waals surface area (Å²) < 4.78 is 74.0. The second kappa shape index (κ2) is 11.5. The monoisotopic (exact) mass is 592 g/mol. The maximum Gasteiger partial charge on any atom is 0.416 e. The van der Waals surface area contributed by atoms with Gasteiger partial charge in [0.1, 0.15) is 5.75 Å². The van der Waals surface area contributed by atoms with Crippen molar-refractivity contribution >= 4 is 33.0 Å². The number of aromatic nitrogens is 2. The van der Waals surface area contributed by atoms with Crippen LogP contribution < -0.4 is 4.74 Å². The van der Waals surface area contributed by atoms with E-state index in [0.29, 0.717) is 22.8 Å². The van der Waals surface area contributed by atoms with Gasteiger partial charge in [-0.1, -0.05) is 42.5 Å². The van der Waals surface area contributed by atoms with Crippen LogP contribution in [0.5, 0.6) is 11.6 Å². The number of rotatable bonds is 9. The first-order chi connectivity index (χ1) is 20.0. The number of hydrogen-bond acceptors (Lipinski definition) is 5. The summed E-state index contributed by atoms with van der Waals surface area (Å²) in [6.07, 6.45) is -0.0104. The van der Waals surface area contributed by atoms with Crippen molar-refractivity contribution in [2.24, 2.45) is 0 Å². The fourth-order valence-electron chi connectivity index (χ4n) is 4.39. The Morgan fingerprint density at radius 1 is 0.952 bits per heavy atom. The molecule has 5 rings (SSSR count). The third-order valence-electron chi connectivity index (χ3n) is 6.36. The molecular formula is C31H23F3N2O5S. The lowest BCUT2D eigenvalue weighted by atomic mass is 10.1. The molecule has 0 radical (unpaired) electrons. The minimum Gasteiger partial charge on any atom is -0.478 e. The molecule has 0 fully saturated rings. The van der Waals surface area contributed by atoms with Crippen LogP contribution in [0.2, 0.25) is 0 Å². The molecule has 0 aliphatic carbocycles. The second-order valence-electron chi connectivity index (χ2n) is 9.38. The van der Waals surface area contributed by atoms with Crippen molar-refractivity contribution in [3.63, 3.8) is 0 Å². The number of carboxylic acids is 1. The third-order valence-corrected chi connectivity index (χ3v) is 7.96. The number of nitrogens with zero attached hydrogens (tertiary/aromatic N) is 2. The summed E-state index contributed by atoms with van der Waals surface area (Å²) >= 11 is 0. The summed E-state index contributed by atoms with van der Waals surface area (Å²) in [5.74, 6) is -0.568. The lowest BCUT2D eigenvalue weighted by molar-refractivity contribution is -0.137. The molecule has 0 atom stereocenters. The zero-order valence-electron chi connectivity index (χ0n) is 21.8. The highest BCUT2D eigenvalue weighted by Crippen LogP contribution is 2.33. The number of pyridine rings is 1. The number of halogens is 3. The van der Waals surface area contributed by atoms with Crippen LogP contribution in [-0.2, 0) is 22.6 Å². The van der Waals surface area contributed by atoms with E-state index in [1.54, 1.807) is 30.3 Å². The molecule has 3 aromatic carbocycles. The lowest BCUT2D eigenvalue weighted by Crippen LogP contribution is -2.18. The van der Waals surface area contributed by atoms with Crippen molar-refractivity contribution in [2.75, 3.05) is 5.75 Å². The summed E-state index contributed by atoms with van der Waals surface area (Å²) in [6.45, 7) is 0. The van der Waals surface area contributed by atoms with E-state index in [-0.39, 0.29) is 28.6 Å². The molecule has 0 unspecified atom stereocenters. The first-order valence-corrected chi connectivity index (χ1v) is 14.2. The fraction of sp³-hybridized carbons (Fsp3) is 0.0968. The molecule has 2 aromatic heterocycles. The highest BCUT2D eigenvalue weighted by Gasteiger charge is 2.31. The van der Waals surface area contributed by atoms with Gasteiger partial charge < -0.3 is 9.84 Å². The standard InChI is InChI=1S/C31H23F3N2O5S/c32-31(33,34)25-13-14-28-24(18-25)19-26(17-21-8-11-23(12-9-21)30(37)38)36(28)42(39,40)16-4-5-22-10-15-29(35-20-22)41-27-6-2-1-3-7-27/h1-15,18-20H,16-17H2,(H,37,38). The van der Waals surface area contributed by atoms with Crippen molar-refractivity contribution < 1.29 is 36.2 Å². The van der Waals surface area contributed by atoms with Crippen molar-refractivity contribution in [3.8, 4) is 11.6 Å². The normalized spacial score (nSPS) is 12.2.